The highest BCUT2D eigenvalue weighted by Crippen LogP contribution is 2.42. The van der Waals surface area contributed by atoms with Crippen LogP contribution in [-0.2, 0) is 0 Å². The minimum Gasteiger partial charge on any atom is -0.507 e. The molecule has 0 aliphatic heterocycles. The molecule has 9 heteroatoms. The van der Waals surface area contributed by atoms with Gasteiger partial charge >= 0.3 is 12.2 Å². The van der Waals surface area contributed by atoms with E-state index in [4.69, 9.17) is 14.2 Å². The van der Waals surface area contributed by atoms with Gasteiger partial charge in [0.2, 0.25) is 0 Å². The van der Waals surface area contributed by atoms with Crippen LogP contribution in [0, 0.1) is 0 Å². The number of carbonyl (C=O) groups excluding carboxylic acids is 2. The molecule has 0 atom stereocenters. The Labute approximate surface area is 270 Å². The van der Waals surface area contributed by atoms with Crippen molar-refractivity contribution in [3.63, 3.8) is 0 Å². The lowest BCUT2D eigenvalue weighted by Crippen LogP contribution is -2.17. The van der Waals surface area contributed by atoms with E-state index < -0.39 is 12.2 Å². The van der Waals surface area contributed by atoms with Gasteiger partial charge in [-0.3, -0.25) is 10.6 Å². The van der Waals surface area contributed by atoms with Crippen LogP contribution in [-0.4, -0.2) is 22.4 Å². The number of benzene rings is 6. The zero-order chi connectivity index (χ0) is 32.6. The molecule has 232 valence electrons. The first-order chi connectivity index (χ1) is 22.9. The van der Waals surface area contributed by atoms with Crippen molar-refractivity contribution >= 4 is 23.6 Å². The highest BCUT2D eigenvalue weighted by molar-refractivity contribution is 5.88. The molecule has 0 aliphatic carbocycles. The second-order valence-electron chi connectivity index (χ2n) is 10.2. The molecule has 0 spiro atoms. The second kappa shape index (κ2) is 13.9. The van der Waals surface area contributed by atoms with Crippen molar-refractivity contribution in [2.75, 3.05) is 10.6 Å². The molecule has 0 radical (unpaired) electrons. The number of hydrogen-bond donors (Lipinski definition) is 4. The van der Waals surface area contributed by atoms with E-state index in [0.29, 0.717) is 33.6 Å². The molecule has 0 unspecified atom stereocenters. The third-order valence-electron chi connectivity index (χ3n) is 6.98. The molecule has 9 nitrogen and oxygen atoms in total. The van der Waals surface area contributed by atoms with Crippen LogP contribution in [0.4, 0.5) is 21.0 Å². The van der Waals surface area contributed by atoms with Gasteiger partial charge in [-0.1, -0.05) is 84.9 Å². The van der Waals surface area contributed by atoms with Crippen molar-refractivity contribution in [3.8, 4) is 56.8 Å². The summed E-state index contributed by atoms with van der Waals surface area (Å²) in [6.07, 6.45) is -1.55. The van der Waals surface area contributed by atoms with E-state index in [9.17, 15) is 19.8 Å². The van der Waals surface area contributed by atoms with Crippen molar-refractivity contribution in [3.05, 3.63) is 146 Å². The summed E-state index contributed by atoms with van der Waals surface area (Å²) in [6.45, 7) is 0. The predicted molar refractivity (Wildman–Crippen MR) is 179 cm³/mol. The van der Waals surface area contributed by atoms with Gasteiger partial charge < -0.3 is 24.4 Å². The third-order valence-corrected chi connectivity index (χ3v) is 6.98. The van der Waals surface area contributed by atoms with Crippen LogP contribution in [0.1, 0.15) is 0 Å². The number of anilines is 2. The predicted octanol–water partition coefficient (Wildman–Crippen LogP) is 9.45. The number of ether oxygens (including phenoxy) is 3. The molecular formula is C38H28N2O7. The SMILES string of the molecule is O=C(Nc1ccccc1)Oc1cc(-c2ccccc2O)ccc1Oc1ccc(-c2ccccc2O)cc1OC(=O)Nc1ccccc1. The van der Waals surface area contributed by atoms with E-state index in [-0.39, 0.29) is 34.5 Å². The van der Waals surface area contributed by atoms with Crippen LogP contribution in [0.15, 0.2) is 146 Å². The largest absolute Gasteiger partial charge is 0.507 e. The molecule has 0 fully saturated rings. The van der Waals surface area contributed by atoms with Gasteiger partial charge in [0.15, 0.2) is 23.0 Å². The molecule has 0 aromatic heterocycles. The number of nitrogens with one attached hydrogen (secondary N) is 2. The third kappa shape index (κ3) is 7.50. The topological polar surface area (TPSA) is 126 Å². The minimum atomic E-state index is -0.774. The summed E-state index contributed by atoms with van der Waals surface area (Å²) >= 11 is 0. The summed E-state index contributed by atoms with van der Waals surface area (Å²) in [4.78, 5) is 26.0. The van der Waals surface area contributed by atoms with Crippen LogP contribution in [0.5, 0.6) is 34.5 Å². The standard InChI is InChI=1S/C38H28N2O7/c41-31-17-9-7-15-29(31)25-19-21-33(35(23-25)46-37(43)39-27-11-3-1-4-12-27)45-34-22-20-26(30-16-8-10-18-32(30)42)24-36(34)47-38(44)40-28-13-5-2-6-14-28/h1-24,41-42H,(H,39,43)(H,40,44). The number of phenolic OH excluding ortho intramolecular Hbond substituents is 2. The lowest BCUT2D eigenvalue weighted by atomic mass is 10.0. The highest BCUT2D eigenvalue weighted by Gasteiger charge is 2.19. The summed E-state index contributed by atoms with van der Waals surface area (Å²) < 4.78 is 17.7. The molecule has 0 saturated carbocycles. The van der Waals surface area contributed by atoms with Gasteiger partial charge in [0, 0.05) is 22.5 Å². The van der Waals surface area contributed by atoms with Gasteiger partial charge in [0.1, 0.15) is 11.5 Å². The number of hydrogen-bond acceptors (Lipinski definition) is 7. The van der Waals surface area contributed by atoms with E-state index in [1.165, 1.54) is 0 Å². The Morgan fingerprint density at radius 2 is 0.830 bits per heavy atom. The fourth-order valence-electron chi connectivity index (χ4n) is 4.76. The Kier molecular flexibility index (Phi) is 8.97. The average Bonchev–Trinajstić information content (AvgIpc) is 3.07. The van der Waals surface area contributed by atoms with Crippen LogP contribution in [0.2, 0.25) is 0 Å². The van der Waals surface area contributed by atoms with Crippen LogP contribution in [0.25, 0.3) is 22.3 Å². The van der Waals surface area contributed by atoms with E-state index in [2.05, 4.69) is 10.6 Å². The quantitative estimate of drug-likeness (QED) is 0.133. The Balaban J connectivity index is 1.36. The maximum Gasteiger partial charge on any atom is 0.417 e. The van der Waals surface area contributed by atoms with Gasteiger partial charge in [0.25, 0.3) is 0 Å². The molecule has 0 saturated heterocycles. The number of carbonyl (C=O) groups is 2. The highest BCUT2D eigenvalue weighted by atomic mass is 16.6. The number of phenols is 2. The summed E-state index contributed by atoms with van der Waals surface area (Å²) in [5.41, 5.74) is 3.20. The number of para-hydroxylation sites is 4. The van der Waals surface area contributed by atoms with Gasteiger partial charge in [-0.25, -0.2) is 9.59 Å². The van der Waals surface area contributed by atoms with E-state index in [1.54, 1.807) is 133 Å². The molecule has 6 aromatic rings. The Morgan fingerprint density at radius 3 is 1.23 bits per heavy atom. The number of amides is 2. The van der Waals surface area contributed by atoms with Crippen molar-refractivity contribution in [1.82, 2.24) is 0 Å². The van der Waals surface area contributed by atoms with Crippen molar-refractivity contribution in [2.24, 2.45) is 0 Å². The van der Waals surface area contributed by atoms with E-state index in [1.807, 2.05) is 12.1 Å². The van der Waals surface area contributed by atoms with Crippen LogP contribution < -0.4 is 24.8 Å². The maximum atomic E-state index is 13.0. The molecule has 47 heavy (non-hydrogen) atoms. The zero-order valence-corrected chi connectivity index (χ0v) is 24.8. The van der Waals surface area contributed by atoms with E-state index >= 15 is 0 Å². The molecule has 0 aliphatic rings. The smallest absolute Gasteiger partial charge is 0.417 e. The van der Waals surface area contributed by atoms with Crippen molar-refractivity contribution < 1.29 is 34.0 Å². The average molecular weight is 625 g/mol. The van der Waals surface area contributed by atoms with Gasteiger partial charge in [-0.05, 0) is 71.8 Å². The number of rotatable bonds is 8. The molecular weight excluding hydrogens is 596 g/mol. The van der Waals surface area contributed by atoms with Crippen LogP contribution >= 0.6 is 0 Å². The Bertz CT molecular complexity index is 1890. The first kappa shape index (κ1) is 30.3. The lowest BCUT2D eigenvalue weighted by molar-refractivity contribution is 0.212. The lowest BCUT2D eigenvalue weighted by Gasteiger charge is -2.17. The summed E-state index contributed by atoms with van der Waals surface area (Å²) in [6, 6.07) is 40.8. The molecule has 0 bridgehead atoms. The minimum absolute atomic E-state index is 0.0312. The van der Waals surface area contributed by atoms with Gasteiger partial charge in [0.05, 0.1) is 0 Å². The summed E-state index contributed by atoms with van der Waals surface area (Å²) in [5.74, 6) is 0.390. The monoisotopic (exact) mass is 624 g/mol. The Hall–Kier alpha value is -6.74. The van der Waals surface area contributed by atoms with E-state index in [0.717, 1.165) is 0 Å². The van der Waals surface area contributed by atoms with Gasteiger partial charge in [-0.15, -0.1) is 0 Å². The van der Waals surface area contributed by atoms with Crippen molar-refractivity contribution in [2.45, 2.75) is 0 Å². The molecule has 2 amide bonds. The number of aromatic hydroxyl groups is 2. The zero-order valence-electron chi connectivity index (χ0n) is 24.8. The first-order valence-electron chi connectivity index (χ1n) is 14.5. The normalized spacial score (nSPS) is 10.5. The van der Waals surface area contributed by atoms with Gasteiger partial charge in [-0.2, -0.15) is 0 Å². The van der Waals surface area contributed by atoms with Crippen LogP contribution in [0.3, 0.4) is 0 Å². The molecule has 6 aromatic carbocycles. The second-order valence-corrected chi connectivity index (χ2v) is 10.2. The fraction of sp³-hybridized carbons (Fsp3) is 0. The summed E-state index contributed by atoms with van der Waals surface area (Å²) in [7, 11) is 0. The molecule has 4 N–H and O–H groups in total. The molecule has 6 rings (SSSR count). The summed E-state index contributed by atoms with van der Waals surface area (Å²) in [5, 5.41) is 26.3. The Morgan fingerprint density at radius 1 is 0.447 bits per heavy atom. The molecule has 0 heterocycles. The fourth-order valence-corrected chi connectivity index (χ4v) is 4.76. The maximum absolute atomic E-state index is 13.0. The van der Waals surface area contributed by atoms with Crippen molar-refractivity contribution in [1.29, 1.82) is 0 Å². The first-order valence-corrected chi connectivity index (χ1v) is 14.5.